The lowest BCUT2D eigenvalue weighted by molar-refractivity contribution is 0.472. The maximum absolute atomic E-state index is 5.89. The van der Waals surface area contributed by atoms with Crippen LogP contribution in [0.4, 0.5) is 0 Å². The molecule has 0 spiro atoms. The van der Waals surface area contributed by atoms with Crippen LogP contribution in [0.15, 0.2) is 41.0 Å². The Bertz CT molecular complexity index is 572. The van der Waals surface area contributed by atoms with Gasteiger partial charge in [0.15, 0.2) is 0 Å². The molecule has 1 heterocycles. The molecule has 1 aromatic heterocycles. The molecule has 0 aliphatic heterocycles. The molecule has 0 aliphatic rings. The second-order valence-corrected chi connectivity index (χ2v) is 5.48. The fourth-order valence-electron chi connectivity index (χ4n) is 1.84. The molecule has 0 radical (unpaired) electrons. The molecule has 1 N–H and O–H groups in total. The van der Waals surface area contributed by atoms with Gasteiger partial charge >= 0.3 is 0 Å². The highest BCUT2D eigenvalue weighted by Crippen LogP contribution is 2.31. The first-order chi connectivity index (χ1) is 9.70. The Morgan fingerprint density at radius 2 is 2.10 bits per heavy atom. The molecular weight excluding hydrogens is 316 g/mol. The highest BCUT2D eigenvalue weighted by Gasteiger charge is 2.06. The number of aryl methyl sites for hydroxylation is 1. The van der Waals surface area contributed by atoms with Crippen molar-refractivity contribution in [2.75, 3.05) is 6.54 Å². The van der Waals surface area contributed by atoms with Gasteiger partial charge in [-0.15, -0.1) is 0 Å². The van der Waals surface area contributed by atoms with E-state index in [2.05, 4.69) is 45.3 Å². The van der Waals surface area contributed by atoms with E-state index in [0.29, 0.717) is 0 Å². The minimum atomic E-state index is 0.782. The van der Waals surface area contributed by atoms with Gasteiger partial charge in [0.2, 0.25) is 0 Å². The molecule has 0 fully saturated rings. The number of rotatable bonds is 6. The SMILES string of the molecule is CCCNCc1ccc(Oc2cccnc2C)c(Br)c1. The predicted octanol–water partition coefficient (Wildman–Crippen LogP) is 4.44. The molecule has 0 atom stereocenters. The summed E-state index contributed by atoms with van der Waals surface area (Å²) in [5.74, 6) is 1.59. The topological polar surface area (TPSA) is 34.1 Å². The van der Waals surface area contributed by atoms with Crippen LogP contribution in [0, 0.1) is 6.92 Å². The second-order valence-electron chi connectivity index (χ2n) is 4.63. The van der Waals surface area contributed by atoms with Crippen LogP contribution < -0.4 is 10.1 Å². The predicted molar refractivity (Wildman–Crippen MR) is 85.2 cm³/mol. The van der Waals surface area contributed by atoms with Crippen molar-refractivity contribution in [2.24, 2.45) is 0 Å². The third kappa shape index (κ3) is 4.05. The van der Waals surface area contributed by atoms with Crippen molar-refractivity contribution in [2.45, 2.75) is 26.8 Å². The summed E-state index contributed by atoms with van der Waals surface area (Å²) in [4.78, 5) is 4.22. The van der Waals surface area contributed by atoms with Crippen molar-refractivity contribution in [3.05, 3.63) is 52.3 Å². The average molecular weight is 335 g/mol. The Balaban J connectivity index is 2.08. The molecule has 0 bridgehead atoms. The van der Waals surface area contributed by atoms with Crippen molar-refractivity contribution < 1.29 is 4.74 Å². The maximum atomic E-state index is 5.89. The summed E-state index contributed by atoms with van der Waals surface area (Å²) < 4.78 is 6.85. The molecule has 106 valence electrons. The summed E-state index contributed by atoms with van der Waals surface area (Å²) in [6.07, 6.45) is 2.91. The number of hydrogen-bond acceptors (Lipinski definition) is 3. The minimum Gasteiger partial charge on any atom is -0.454 e. The smallest absolute Gasteiger partial charge is 0.148 e. The Morgan fingerprint density at radius 3 is 2.80 bits per heavy atom. The van der Waals surface area contributed by atoms with Crippen molar-refractivity contribution in [3.63, 3.8) is 0 Å². The van der Waals surface area contributed by atoms with E-state index in [-0.39, 0.29) is 0 Å². The van der Waals surface area contributed by atoms with Gasteiger partial charge in [-0.25, -0.2) is 0 Å². The van der Waals surface area contributed by atoms with Gasteiger partial charge in [-0.05, 0) is 65.6 Å². The van der Waals surface area contributed by atoms with Gasteiger partial charge in [-0.1, -0.05) is 13.0 Å². The molecule has 20 heavy (non-hydrogen) atoms. The zero-order chi connectivity index (χ0) is 14.4. The standard InChI is InChI=1S/C16H19BrN2O/c1-3-8-18-11-13-6-7-16(14(17)10-13)20-15-5-4-9-19-12(15)2/h4-7,9-10,18H,3,8,11H2,1-2H3. The molecule has 0 saturated heterocycles. The maximum Gasteiger partial charge on any atom is 0.148 e. The van der Waals surface area contributed by atoms with Crippen LogP contribution >= 0.6 is 15.9 Å². The lowest BCUT2D eigenvalue weighted by Crippen LogP contribution is -2.13. The Labute approximate surface area is 128 Å². The third-order valence-electron chi connectivity index (χ3n) is 2.93. The van der Waals surface area contributed by atoms with E-state index in [0.717, 1.165) is 41.2 Å². The highest BCUT2D eigenvalue weighted by molar-refractivity contribution is 9.10. The van der Waals surface area contributed by atoms with Gasteiger partial charge in [0.05, 0.1) is 10.2 Å². The molecule has 0 aliphatic carbocycles. The summed E-state index contributed by atoms with van der Waals surface area (Å²) in [5, 5.41) is 3.39. The highest BCUT2D eigenvalue weighted by atomic mass is 79.9. The average Bonchev–Trinajstić information content (AvgIpc) is 2.44. The van der Waals surface area contributed by atoms with Gasteiger partial charge in [0.1, 0.15) is 11.5 Å². The van der Waals surface area contributed by atoms with Gasteiger partial charge in [0, 0.05) is 12.7 Å². The molecule has 0 amide bonds. The Morgan fingerprint density at radius 1 is 1.25 bits per heavy atom. The molecule has 0 saturated carbocycles. The molecule has 4 heteroatoms. The second kappa shape index (κ2) is 7.41. The van der Waals surface area contributed by atoms with Gasteiger partial charge in [-0.2, -0.15) is 0 Å². The number of hydrogen-bond donors (Lipinski definition) is 1. The monoisotopic (exact) mass is 334 g/mol. The van der Waals surface area contributed by atoms with Crippen LogP contribution in [-0.4, -0.2) is 11.5 Å². The van der Waals surface area contributed by atoms with Crippen molar-refractivity contribution in [3.8, 4) is 11.5 Å². The number of halogens is 1. The van der Waals surface area contributed by atoms with Crippen LogP contribution in [0.25, 0.3) is 0 Å². The summed E-state index contributed by atoms with van der Waals surface area (Å²) in [5.41, 5.74) is 2.12. The largest absolute Gasteiger partial charge is 0.454 e. The fourth-order valence-corrected chi connectivity index (χ4v) is 2.35. The number of pyridine rings is 1. The van der Waals surface area contributed by atoms with E-state index >= 15 is 0 Å². The normalized spacial score (nSPS) is 10.6. The van der Waals surface area contributed by atoms with Crippen LogP contribution in [0.3, 0.4) is 0 Å². The lowest BCUT2D eigenvalue weighted by Gasteiger charge is -2.11. The number of nitrogens with one attached hydrogen (secondary N) is 1. The van der Waals surface area contributed by atoms with Crippen molar-refractivity contribution in [1.82, 2.24) is 10.3 Å². The van der Waals surface area contributed by atoms with Crippen LogP contribution in [0.1, 0.15) is 24.6 Å². The van der Waals surface area contributed by atoms with E-state index in [1.165, 1.54) is 5.56 Å². The van der Waals surface area contributed by atoms with E-state index < -0.39 is 0 Å². The van der Waals surface area contributed by atoms with E-state index in [9.17, 15) is 0 Å². The van der Waals surface area contributed by atoms with Crippen molar-refractivity contribution >= 4 is 15.9 Å². The van der Waals surface area contributed by atoms with Crippen molar-refractivity contribution in [1.29, 1.82) is 0 Å². The Kier molecular flexibility index (Phi) is 5.56. The quantitative estimate of drug-likeness (QED) is 0.792. The first kappa shape index (κ1) is 15.0. The first-order valence-corrected chi connectivity index (χ1v) is 7.58. The first-order valence-electron chi connectivity index (χ1n) is 6.79. The van der Waals surface area contributed by atoms with Crippen LogP contribution in [0.2, 0.25) is 0 Å². The van der Waals surface area contributed by atoms with Gasteiger partial charge < -0.3 is 10.1 Å². The molecule has 3 nitrogen and oxygen atoms in total. The lowest BCUT2D eigenvalue weighted by atomic mass is 10.2. The number of nitrogens with zero attached hydrogens (tertiary/aromatic N) is 1. The summed E-state index contributed by atoms with van der Waals surface area (Å²) in [6.45, 7) is 6.01. The molecule has 2 aromatic rings. The van der Waals surface area contributed by atoms with E-state index in [1.807, 2.05) is 25.1 Å². The number of aromatic nitrogens is 1. The molecule has 1 aromatic carbocycles. The van der Waals surface area contributed by atoms with Crippen LogP contribution in [0.5, 0.6) is 11.5 Å². The zero-order valence-electron chi connectivity index (χ0n) is 11.8. The third-order valence-corrected chi connectivity index (χ3v) is 3.55. The summed E-state index contributed by atoms with van der Waals surface area (Å²) in [6, 6.07) is 9.95. The zero-order valence-corrected chi connectivity index (χ0v) is 13.4. The van der Waals surface area contributed by atoms with Gasteiger partial charge in [0.25, 0.3) is 0 Å². The van der Waals surface area contributed by atoms with Crippen LogP contribution in [-0.2, 0) is 6.54 Å². The Hall–Kier alpha value is -1.39. The number of benzene rings is 1. The fraction of sp³-hybridized carbons (Fsp3) is 0.312. The molecule has 2 rings (SSSR count). The molecule has 0 unspecified atom stereocenters. The summed E-state index contributed by atoms with van der Waals surface area (Å²) >= 11 is 3.56. The minimum absolute atomic E-state index is 0.782. The summed E-state index contributed by atoms with van der Waals surface area (Å²) in [7, 11) is 0. The van der Waals surface area contributed by atoms with E-state index in [4.69, 9.17) is 4.74 Å². The number of ether oxygens (including phenoxy) is 1. The van der Waals surface area contributed by atoms with Gasteiger partial charge in [-0.3, -0.25) is 4.98 Å². The van der Waals surface area contributed by atoms with E-state index in [1.54, 1.807) is 6.20 Å². The molecular formula is C16H19BrN2O.